The number of aromatic nitrogens is 1. The third-order valence-electron chi connectivity index (χ3n) is 3.70. The van der Waals surface area contributed by atoms with Gasteiger partial charge in [0.2, 0.25) is 5.88 Å². The van der Waals surface area contributed by atoms with Crippen LogP contribution >= 0.6 is 15.9 Å². The van der Waals surface area contributed by atoms with Crippen LogP contribution in [0.2, 0.25) is 0 Å². The summed E-state index contributed by atoms with van der Waals surface area (Å²) in [6.07, 6.45) is 2.53. The number of nitrogens with zero attached hydrogens (tertiary/aromatic N) is 3. The van der Waals surface area contributed by atoms with Crippen LogP contribution < -0.4 is 4.74 Å². The SMILES string of the molecule is O=C(N1CCOCC1)N1CCC(Oc2ncccc2Br)C1. The molecule has 2 aliphatic rings. The third-order valence-corrected chi connectivity index (χ3v) is 4.30. The maximum absolute atomic E-state index is 12.4. The second kappa shape index (κ2) is 6.62. The van der Waals surface area contributed by atoms with Crippen molar-refractivity contribution in [1.82, 2.24) is 14.8 Å². The van der Waals surface area contributed by atoms with Crippen LogP contribution in [0.15, 0.2) is 22.8 Å². The van der Waals surface area contributed by atoms with Crippen LogP contribution in [0.4, 0.5) is 4.79 Å². The first kappa shape index (κ1) is 14.6. The van der Waals surface area contributed by atoms with Gasteiger partial charge in [0.25, 0.3) is 0 Å². The molecule has 0 aliphatic carbocycles. The predicted molar refractivity (Wildman–Crippen MR) is 80.3 cm³/mol. The quantitative estimate of drug-likeness (QED) is 0.810. The average molecular weight is 356 g/mol. The van der Waals surface area contributed by atoms with Crippen molar-refractivity contribution in [1.29, 1.82) is 0 Å². The van der Waals surface area contributed by atoms with Crippen LogP contribution in [0.25, 0.3) is 0 Å². The van der Waals surface area contributed by atoms with Crippen molar-refractivity contribution in [3.63, 3.8) is 0 Å². The minimum atomic E-state index is 0.00110. The Balaban J connectivity index is 1.55. The zero-order chi connectivity index (χ0) is 14.7. The molecule has 7 heteroatoms. The van der Waals surface area contributed by atoms with Crippen LogP contribution in [-0.4, -0.2) is 66.3 Å². The fraction of sp³-hybridized carbons (Fsp3) is 0.571. The van der Waals surface area contributed by atoms with Crippen LogP contribution in [-0.2, 0) is 4.74 Å². The van der Waals surface area contributed by atoms with E-state index in [1.54, 1.807) is 6.20 Å². The first-order valence-electron chi connectivity index (χ1n) is 7.13. The molecule has 0 N–H and O–H groups in total. The van der Waals surface area contributed by atoms with Gasteiger partial charge in [-0.2, -0.15) is 0 Å². The molecule has 21 heavy (non-hydrogen) atoms. The third kappa shape index (κ3) is 3.47. The van der Waals surface area contributed by atoms with Crippen molar-refractivity contribution in [3.05, 3.63) is 22.8 Å². The number of pyridine rings is 1. The zero-order valence-electron chi connectivity index (χ0n) is 11.7. The average Bonchev–Trinajstić information content (AvgIpc) is 2.98. The van der Waals surface area contributed by atoms with Gasteiger partial charge in [-0.15, -0.1) is 0 Å². The molecule has 3 rings (SSSR count). The molecule has 0 saturated carbocycles. The second-order valence-electron chi connectivity index (χ2n) is 5.15. The van der Waals surface area contributed by atoms with Gasteiger partial charge in [-0.3, -0.25) is 0 Å². The van der Waals surface area contributed by atoms with E-state index in [9.17, 15) is 4.79 Å². The Morgan fingerprint density at radius 3 is 2.90 bits per heavy atom. The smallest absolute Gasteiger partial charge is 0.320 e. The first-order chi connectivity index (χ1) is 10.2. The van der Waals surface area contributed by atoms with Gasteiger partial charge in [0, 0.05) is 32.3 Å². The Morgan fingerprint density at radius 1 is 1.33 bits per heavy atom. The maximum atomic E-state index is 12.4. The molecule has 2 saturated heterocycles. The minimum Gasteiger partial charge on any atom is -0.472 e. The molecular weight excluding hydrogens is 338 g/mol. The van der Waals surface area contributed by atoms with Gasteiger partial charge < -0.3 is 19.3 Å². The van der Waals surface area contributed by atoms with Crippen molar-refractivity contribution < 1.29 is 14.3 Å². The Bertz CT molecular complexity index is 508. The molecule has 2 amide bonds. The van der Waals surface area contributed by atoms with Crippen LogP contribution in [0.3, 0.4) is 0 Å². The summed E-state index contributed by atoms with van der Waals surface area (Å²) in [7, 11) is 0. The second-order valence-corrected chi connectivity index (χ2v) is 6.00. The number of urea groups is 1. The number of hydrogen-bond donors (Lipinski definition) is 0. The lowest BCUT2D eigenvalue weighted by molar-refractivity contribution is 0.0443. The number of likely N-dealkylation sites (tertiary alicyclic amines) is 1. The molecule has 1 aromatic heterocycles. The lowest BCUT2D eigenvalue weighted by Crippen LogP contribution is -2.47. The van der Waals surface area contributed by atoms with Crippen LogP contribution in [0, 0.1) is 0 Å². The van der Waals surface area contributed by atoms with E-state index in [-0.39, 0.29) is 12.1 Å². The van der Waals surface area contributed by atoms with E-state index < -0.39 is 0 Å². The Morgan fingerprint density at radius 2 is 2.14 bits per heavy atom. The number of hydrogen-bond acceptors (Lipinski definition) is 4. The fourth-order valence-corrected chi connectivity index (χ4v) is 2.92. The standard InChI is InChI=1S/C14H18BrN3O3/c15-12-2-1-4-16-13(12)21-11-3-5-18(10-11)14(19)17-6-8-20-9-7-17/h1-2,4,11H,3,5-10H2. The highest BCUT2D eigenvalue weighted by atomic mass is 79.9. The predicted octanol–water partition coefficient (Wildman–Crippen LogP) is 1.75. The highest BCUT2D eigenvalue weighted by Gasteiger charge is 2.31. The molecule has 0 aromatic carbocycles. The van der Waals surface area contributed by atoms with Gasteiger partial charge in [-0.1, -0.05) is 0 Å². The summed E-state index contributed by atoms with van der Waals surface area (Å²) in [6.45, 7) is 3.94. The number of carbonyl (C=O) groups is 1. The number of ether oxygens (including phenoxy) is 2. The van der Waals surface area contributed by atoms with Crippen LogP contribution in [0.5, 0.6) is 5.88 Å². The number of carbonyl (C=O) groups excluding carboxylic acids is 1. The summed E-state index contributed by atoms with van der Waals surface area (Å²) in [6, 6.07) is 3.83. The first-order valence-corrected chi connectivity index (χ1v) is 7.92. The molecule has 1 atom stereocenters. The fourth-order valence-electron chi connectivity index (χ4n) is 2.57. The van der Waals surface area contributed by atoms with Gasteiger partial charge in [0.05, 0.1) is 24.2 Å². The normalized spacial score (nSPS) is 22.4. The number of rotatable bonds is 2. The van der Waals surface area contributed by atoms with E-state index in [0.29, 0.717) is 38.7 Å². The van der Waals surface area contributed by atoms with Gasteiger partial charge in [-0.05, 0) is 28.1 Å². The van der Waals surface area contributed by atoms with Crippen molar-refractivity contribution in [2.75, 3.05) is 39.4 Å². The maximum Gasteiger partial charge on any atom is 0.320 e. The van der Waals surface area contributed by atoms with Crippen molar-refractivity contribution in [2.24, 2.45) is 0 Å². The summed E-state index contributed by atoms with van der Waals surface area (Å²) < 4.78 is 12.0. The topological polar surface area (TPSA) is 54.9 Å². The van der Waals surface area contributed by atoms with E-state index in [4.69, 9.17) is 9.47 Å². The molecule has 2 aliphatic heterocycles. The molecule has 0 bridgehead atoms. The molecule has 114 valence electrons. The number of halogens is 1. The monoisotopic (exact) mass is 355 g/mol. The lowest BCUT2D eigenvalue weighted by atomic mass is 10.3. The van der Waals surface area contributed by atoms with Crippen LogP contribution in [0.1, 0.15) is 6.42 Å². The summed E-state index contributed by atoms with van der Waals surface area (Å²) >= 11 is 3.42. The molecule has 0 spiro atoms. The summed E-state index contributed by atoms with van der Waals surface area (Å²) in [5.41, 5.74) is 0. The molecule has 2 fully saturated rings. The van der Waals surface area contributed by atoms with E-state index >= 15 is 0 Å². The zero-order valence-corrected chi connectivity index (χ0v) is 13.3. The molecule has 1 unspecified atom stereocenters. The lowest BCUT2D eigenvalue weighted by Gasteiger charge is -2.30. The van der Waals surface area contributed by atoms with Crippen molar-refractivity contribution in [2.45, 2.75) is 12.5 Å². The van der Waals surface area contributed by atoms with Gasteiger partial charge >= 0.3 is 6.03 Å². The molecule has 1 aromatic rings. The molecular formula is C14H18BrN3O3. The largest absolute Gasteiger partial charge is 0.472 e. The van der Waals surface area contributed by atoms with E-state index in [1.165, 1.54) is 0 Å². The van der Waals surface area contributed by atoms with E-state index in [2.05, 4.69) is 20.9 Å². The Hall–Kier alpha value is -1.34. The van der Waals surface area contributed by atoms with Gasteiger partial charge in [-0.25, -0.2) is 9.78 Å². The molecule has 6 nitrogen and oxygen atoms in total. The number of morpholine rings is 1. The minimum absolute atomic E-state index is 0.00110. The molecule has 3 heterocycles. The summed E-state index contributed by atoms with van der Waals surface area (Å²) in [5, 5.41) is 0. The molecule has 0 radical (unpaired) electrons. The van der Waals surface area contributed by atoms with E-state index in [1.807, 2.05) is 21.9 Å². The summed E-state index contributed by atoms with van der Waals surface area (Å²) in [4.78, 5) is 20.3. The number of amides is 2. The van der Waals surface area contributed by atoms with E-state index in [0.717, 1.165) is 17.4 Å². The van der Waals surface area contributed by atoms with Gasteiger partial charge in [0.15, 0.2) is 0 Å². The Labute approximate surface area is 132 Å². The van der Waals surface area contributed by atoms with Crippen molar-refractivity contribution in [3.8, 4) is 5.88 Å². The van der Waals surface area contributed by atoms with Crippen molar-refractivity contribution >= 4 is 22.0 Å². The van der Waals surface area contributed by atoms with Gasteiger partial charge in [0.1, 0.15) is 6.10 Å². The highest BCUT2D eigenvalue weighted by Crippen LogP contribution is 2.24. The highest BCUT2D eigenvalue weighted by molar-refractivity contribution is 9.10. The Kier molecular flexibility index (Phi) is 4.60. The summed E-state index contributed by atoms with van der Waals surface area (Å²) in [5.74, 6) is 0.586.